The molecule has 18 heavy (non-hydrogen) atoms. The number of rotatable bonds is 4. The van der Waals surface area contributed by atoms with E-state index in [9.17, 15) is 0 Å². The molecule has 0 heterocycles. The Morgan fingerprint density at radius 3 is 2.17 bits per heavy atom. The van der Waals surface area contributed by atoms with Gasteiger partial charge in [-0.3, -0.25) is 0 Å². The Morgan fingerprint density at radius 2 is 1.56 bits per heavy atom. The van der Waals surface area contributed by atoms with E-state index in [1.54, 1.807) is 0 Å². The quantitative estimate of drug-likeness (QED) is 0.831. The van der Waals surface area contributed by atoms with Gasteiger partial charge in [-0.05, 0) is 42.7 Å². The Kier molecular flexibility index (Phi) is 3.88. The molecule has 0 saturated heterocycles. The van der Waals surface area contributed by atoms with Gasteiger partial charge >= 0.3 is 0 Å². The minimum atomic E-state index is 0.690. The van der Waals surface area contributed by atoms with Crippen LogP contribution in [0.4, 0.5) is 5.69 Å². The van der Waals surface area contributed by atoms with Crippen molar-refractivity contribution in [2.24, 2.45) is 0 Å². The summed E-state index contributed by atoms with van der Waals surface area (Å²) in [6.07, 6.45) is 0.897. The minimum Gasteiger partial charge on any atom is -0.493 e. The maximum atomic E-state index is 5.87. The van der Waals surface area contributed by atoms with E-state index in [1.165, 1.54) is 16.7 Å². The Labute approximate surface area is 108 Å². The standard InChI is InChI=1S/C16H19NO/c1-12-4-3-5-13(2)16(12)18-11-10-14-6-8-15(17)9-7-14/h3-9H,10-11,17H2,1-2H3. The number of hydrogen-bond donors (Lipinski definition) is 1. The molecule has 0 amide bonds. The van der Waals surface area contributed by atoms with Gasteiger partial charge in [0.2, 0.25) is 0 Å². The Bertz CT molecular complexity index is 497. The fraction of sp³-hybridized carbons (Fsp3) is 0.250. The van der Waals surface area contributed by atoms with Gasteiger partial charge in [-0.1, -0.05) is 30.3 Å². The molecule has 0 aliphatic heterocycles. The number of nitrogen functional groups attached to an aromatic ring is 1. The first-order chi connectivity index (χ1) is 8.66. The Balaban J connectivity index is 1.94. The first-order valence-corrected chi connectivity index (χ1v) is 6.20. The number of para-hydroxylation sites is 1. The van der Waals surface area contributed by atoms with Crippen LogP contribution in [-0.2, 0) is 6.42 Å². The van der Waals surface area contributed by atoms with Gasteiger partial charge in [0.05, 0.1) is 6.61 Å². The molecule has 0 aromatic heterocycles. The average molecular weight is 241 g/mol. The van der Waals surface area contributed by atoms with Gasteiger partial charge in [-0.2, -0.15) is 0 Å². The highest BCUT2D eigenvalue weighted by Crippen LogP contribution is 2.22. The van der Waals surface area contributed by atoms with Crippen molar-refractivity contribution in [3.8, 4) is 5.75 Å². The van der Waals surface area contributed by atoms with E-state index >= 15 is 0 Å². The number of ether oxygens (including phenoxy) is 1. The molecule has 2 aromatic rings. The molecular weight excluding hydrogens is 222 g/mol. The zero-order valence-corrected chi connectivity index (χ0v) is 10.9. The third-order valence-electron chi connectivity index (χ3n) is 3.03. The monoisotopic (exact) mass is 241 g/mol. The summed E-state index contributed by atoms with van der Waals surface area (Å²) >= 11 is 0. The predicted octanol–water partition coefficient (Wildman–Crippen LogP) is 3.51. The number of anilines is 1. The minimum absolute atomic E-state index is 0.690. The molecule has 0 atom stereocenters. The maximum Gasteiger partial charge on any atom is 0.125 e. The molecule has 2 N–H and O–H groups in total. The van der Waals surface area contributed by atoms with Gasteiger partial charge in [-0.15, -0.1) is 0 Å². The average Bonchev–Trinajstić information content (AvgIpc) is 2.35. The van der Waals surface area contributed by atoms with E-state index in [0.717, 1.165) is 17.9 Å². The molecule has 2 heteroatoms. The van der Waals surface area contributed by atoms with Crippen LogP contribution < -0.4 is 10.5 Å². The zero-order chi connectivity index (χ0) is 13.0. The third-order valence-corrected chi connectivity index (χ3v) is 3.03. The normalized spacial score (nSPS) is 10.3. The molecule has 2 nitrogen and oxygen atoms in total. The van der Waals surface area contributed by atoms with E-state index in [-0.39, 0.29) is 0 Å². The highest BCUT2D eigenvalue weighted by Gasteiger charge is 2.02. The maximum absolute atomic E-state index is 5.87. The van der Waals surface area contributed by atoms with Gasteiger partial charge in [0.1, 0.15) is 5.75 Å². The highest BCUT2D eigenvalue weighted by molar-refractivity contribution is 5.40. The molecule has 0 unspecified atom stereocenters. The summed E-state index contributed by atoms with van der Waals surface area (Å²) in [6.45, 7) is 4.84. The van der Waals surface area contributed by atoms with Gasteiger partial charge in [0.15, 0.2) is 0 Å². The molecule has 94 valence electrons. The molecule has 0 fully saturated rings. The van der Waals surface area contributed by atoms with Crippen molar-refractivity contribution in [1.82, 2.24) is 0 Å². The first-order valence-electron chi connectivity index (χ1n) is 6.20. The van der Waals surface area contributed by atoms with E-state index in [0.29, 0.717) is 6.61 Å². The summed E-state index contributed by atoms with van der Waals surface area (Å²) in [5.41, 5.74) is 10.1. The topological polar surface area (TPSA) is 35.2 Å². The number of hydrogen-bond acceptors (Lipinski definition) is 2. The second-order valence-electron chi connectivity index (χ2n) is 4.56. The summed E-state index contributed by atoms with van der Waals surface area (Å²) in [4.78, 5) is 0. The summed E-state index contributed by atoms with van der Waals surface area (Å²) in [5.74, 6) is 1.01. The zero-order valence-electron chi connectivity index (χ0n) is 10.9. The molecule has 0 spiro atoms. The first kappa shape index (κ1) is 12.5. The smallest absolute Gasteiger partial charge is 0.125 e. The van der Waals surface area contributed by atoms with Crippen LogP contribution in [0.25, 0.3) is 0 Å². The molecular formula is C16H19NO. The highest BCUT2D eigenvalue weighted by atomic mass is 16.5. The van der Waals surface area contributed by atoms with E-state index < -0.39 is 0 Å². The molecule has 0 radical (unpaired) electrons. The second kappa shape index (κ2) is 5.58. The molecule has 0 aliphatic rings. The van der Waals surface area contributed by atoms with Crippen molar-refractivity contribution in [3.05, 3.63) is 59.2 Å². The van der Waals surface area contributed by atoms with Crippen molar-refractivity contribution in [2.45, 2.75) is 20.3 Å². The third kappa shape index (κ3) is 3.04. The summed E-state index contributed by atoms with van der Waals surface area (Å²) in [7, 11) is 0. The van der Waals surface area contributed by atoms with E-state index in [4.69, 9.17) is 10.5 Å². The Morgan fingerprint density at radius 1 is 0.944 bits per heavy atom. The molecule has 0 aliphatic carbocycles. The lowest BCUT2D eigenvalue weighted by Gasteiger charge is -2.11. The summed E-state index contributed by atoms with van der Waals surface area (Å²) in [6, 6.07) is 14.1. The van der Waals surface area contributed by atoms with Crippen LogP contribution >= 0.6 is 0 Å². The van der Waals surface area contributed by atoms with Gasteiger partial charge in [-0.25, -0.2) is 0 Å². The van der Waals surface area contributed by atoms with Gasteiger partial charge in [0, 0.05) is 12.1 Å². The van der Waals surface area contributed by atoms with Crippen LogP contribution in [0.3, 0.4) is 0 Å². The lowest BCUT2D eigenvalue weighted by Crippen LogP contribution is -2.03. The predicted molar refractivity (Wildman–Crippen MR) is 76.0 cm³/mol. The number of aryl methyl sites for hydroxylation is 2. The van der Waals surface area contributed by atoms with Gasteiger partial charge < -0.3 is 10.5 Å². The lowest BCUT2D eigenvalue weighted by molar-refractivity contribution is 0.317. The summed E-state index contributed by atoms with van der Waals surface area (Å²) < 4.78 is 5.87. The van der Waals surface area contributed by atoms with Crippen LogP contribution in [0.2, 0.25) is 0 Å². The Hall–Kier alpha value is -1.96. The van der Waals surface area contributed by atoms with Crippen LogP contribution in [0, 0.1) is 13.8 Å². The SMILES string of the molecule is Cc1cccc(C)c1OCCc1ccc(N)cc1. The van der Waals surface area contributed by atoms with Crippen molar-refractivity contribution in [3.63, 3.8) is 0 Å². The number of nitrogens with two attached hydrogens (primary N) is 1. The summed E-state index contributed by atoms with van der Waals surface area (Å²) in [5, 5.41) is 0. The van der Waals surface area contributed by atoms with Crippen LogP contribution in [0.1, 0.15) is 16.7 Å². The van der Waals surface area contributed by atoms with Crippen LogP contribution in [-0.4, -0.2) is 6.61 Å². The lowest BCUT2D eigenvalue weighted by atomic mass is 10.1. The van der Waals surface area contributed by atoms with E-state index in [2.05, 4.69) is 32.0 Å². The van der Waals surface area contributed by atoms with Crippen LogP contribution in [0.15, 0.2) is 42.5 Å². The van der Waals surface area contributed by atoms with Crippen molar-refractivity contribution < 1.29 is 4.74 Å². The fourth-order valence-corrected chi connectivity index (χ4v) is 1.98. The number of benzene rings is 2. The van der Waals surface area contributed by atoms with E-state index in [1.807, 2.05) is 24.3 Å². The van der Waals surface area contributed by atoms with Crippen LogP contribution in [0.5, 0.6) is 5.75 Å². The largest absolute Gasteiger partial charge is 0.493 e. The van der Waals surface area contributed by atoms with Crippen molar-refractivity contribution in [2.75, 3.05) is 12.3 Å². The molecule has 0 bridgehead atoms. The van der Waals surface area contributed by atoms with Gasteiger partial charge in [0.25, 0.3) is 0 Å². The van der Waals surface area contributed by atoms with Crippen molar-refractivity contribution in [1.29, 1.82) is 0 Å². The fourth-order valence-electron chi connectivity index (χ4n) is 1.98. The van der Waals surface area contributed by atoms with Crippen molar-refractivity contribution >= 4 is 5.69 Å². The second-order valence-corrected chi connectivity index (χ2v) is 4.56. The molecule has 0 saturated carbocycles. The molecule has 2 aromatic carbocycles. The molecule has 2 rings (SSSR count).